The molecule has 1 aliphatic rings. The summed E-state index contributed by atoms with van der Waals surface area (Å²) in [4.78, 5) is 25.9. The number of hydrogen-bond acceptors (Lipinski definition) is 6. The van der Waals surface area contributed by atoms with E-state index in [9.17, 15) is 27.5 Å². The number of amides is 2. The van der Waals surface area contributed by atoms with Gasteiger partial charge in [-0.05, 0) is 55.1 Å². The van der Waals surface area contributed by atoms with Crippen molar-refractivity contribution in [1.82, 2.24) is 10.0 Å². The number of rotatable bonds is 6. The molecular weight excluding hydrogens is 453 g/mol. The van der Waals surface area contributed by atoms with E-state index in [1.807, 2.05) is 0 Å². The lowest BCUT2D eigenvalue weighted by Crippen LogP contribution is -2.46. The second kappa shape index (κ2) is 8.79. The number of nitrogens with zero attached hydrogens (tertiary/aromatic N) is 1. The number of carbonyl (C=O) groups excluding carboxylic acids is 2. The highest BCUT2D eigenvalue weighted by Crippen LogP contribution is 2.30. The molecule has 3 rings (SSSR count). The van der Waals surface area contributed by atoms with Crippen LogP contribution in [0.1, 0.15) is 12.0 Å². The van der Waals surface area contributed by atoms with Crippen molar-refractivity contribution in [2.24, 2.45) is 0 Å². The topological polar surface area (TPSA) is 125 Å². The first-order chi connectivity index (χ1) is 14.5. The highest BCUT2D eigenvalue weighted by molar-refractivity contribution is 7.89. The van der Waals surface area contributed by atoms with Crippen LogP contribution in [0.4, 0.5) is 14.9 Å². The SMILES string of the molecule is CNS(=O)(=O)c1ccc(N2CC[C@](O)(OC(=O)NCc3cc(F)cc(Cl)c3)C2=O)cc1. The van der Waals surface area contributed by atoms with E-state index in [-0.39, 0.29) is 29.4 Å². The van der Waals surface area contributed by atoms with Gasteiger partial charge in [-0.25, -0.2) is 22.3 Å². The molecular formula is C19H19ClFN3O6S. The zero-order chi connectivity index (χ0) is 22.8. The van der Waals surface area contributed by atoms with Crippen LogP contribution in [0.15, 0.2) is 47.4 Å². The van der Waals surface area contributed by atoms with Crippen LogP contribution in [0, 0.1) is 5.82 Å². The number of hydrogen-bond donors (Lipinski definition) is 3. The molecule has 0 bridgehead atoms. The third kappa shape index (κ3) is 5.13. The first-order valence-corrected chi connectivity index (χ1v) is 10.9. The average Bonchev–Trinajstić information content (AvgIpc) is 3.00. The molecule has 0 saturated carbocycles. The molecule has 1 saturated heterocycles. The molecule has 1 heterocycles. The maximum absolute atomic E-state index is 13.4. The highest BCUT2D eigenvalue weighted by Gasteiger charge is 2.49. The van der Waals surface area contributed by atoms with Crippen molar-refractivity contribution in [2.75, 3.05) is 18.5 Å². The normalized spacial score (nSPS) is 18.8. The van der Waals surface area contributed by atoms with Crippen LogP contribution in [-0.2, 0) is 26.1 Å². The van der Waals surface area contributed by atoms with E-state index in [0.29, 0.717) is 11.3 Å². The fraction of sp³-hybridized carbons (Fsp3) is 0.263. The smallest absolute Gasteiger partial charge is 0.407 e. The van der Waals surface area contributed by atoms with Gasteiger partial charge in [0.05, 0.1) is 4.90 Å². The first-order valence-electron chi connectivity index (χ1n) is 9.04. The first kappa shape index (κ1) is 22.9. The van der Waals surface area contributed by atoms with Gasteiger partial charge in [0.2, 0.25) is 10.0 Å². The Hall–Kier alpha value is -2.73. The molecule has 2 aromatic carbocycles. The maximum Gasteiger partial charge on any atom is 0.410 e. The van der Waals surface area contributed by atoms with Gasteiger partial charge in [0.15, 0.2) is 0 Å². The minimum absolute atomic E-state index is 0.00809. The molecule has 1 atom stereocenters. The van der Waals surface area contributed by atoms with Gasteiger partial charge in [0, 0.05) is 30.2 Å². The molecule has 166 valence electrons. The van der Waals surface area contributed by atoms with E-state index in [2.05, 4.69) is 10.0 Å². The second-order valence-corrected chi connectivity index (χ2v) is 9.04. The van der Waals surface area contributed by atoms with Gasteiger partial charge < -0.3 is 20.1 Å². The number of nitrogens with one attached hydrogen (secondary N) is 2. The monoisotopic (exact) mass is 471 g/mol. The molecule has 0 aromatic heterocycles. The van der Waals surface area contributed by atoms with Crippen LogP contribution in [0.5, 0.6) is 0 Å². The zero-order valence-electron chi connectivity index (χ0n) is 16.3. The maximum atomic E-state index is 13.4. The Morgan fingerprint density at radius 1 is 1.29 bits per heavy atom. The molecule has 2 aromatic rings. The Kier molecular flexibility index (Phi) is 6.51. The lowest BCUT2D eigenvalue weighted by atomic mass is 10.2. The molecule has 12 heteroatoms. The quantitative estimate of drug-likeness (QED) is 0.551. The molecule has 0 aliphatic carbocycles. The summed E-state index contributed by atoms with van der Waals surface area (Å²) in [5.41, 5.74) is 0.694. The summed E-state index contributed by atoms with van der Waals surface area (Å²) >= 11 is 5.75. The summed E-state index contributed by atoms with van der Waals surface area (Å²) in [6, 6.07) is 9.15. The predicted molar refractivity (Wildman–Crippen MR) is 109 cm³/mol. The Labute approximate surface area is 182 Å². The van der Waals surface area contributed by atoms with Crippen LogP contribution >= 0.6 is 11.6 Å². The van der Waals surface area contributed by atoms with Crippen LogP contribution in [0.25, 0.3) is 0 Å². The summed E-state index contributed by atoms with van der Waals surface area (Å²) in [5, 5.41) is 13.0. The van der Waals surface area contributed by atoms with Crippen molar-refractivity contribution in [3.8, 4) is 0 Å². The van der Waals surface area contributed by atoms with Gasteiger partial charge >= 0.3 is 6.09 Å². The third-order valence-electron chi connectivity index (χ3n) is 4.60. The number of ether oxygens (including phenoxy) is 1. The van der Waals surface area contributed by atoms with Crippen LogP contribution < -0.4 is 14.9 Å². The van der Waals surface area contributed by atoms with Gasteiger partial charge in [-0.2, -0.15) is 0 Å². The lowest BCUT2D eigenvalue weighted by molar-refractivity contribution is -0.175. The molecule has 9 nitrogen and oxygen atoms in total. The Morgan fingerprint density at radius 2 is 1.97 bits per heavy atom. The number of aliphatic hydroxyl groups is 1. The van der Waals surface area contributed by atoms with Crippen molar-refractivity contribution in [3.63, 3.8) is 0 Å². The highest BCUT2D eigenvalue weighted by atomic mass is 35.5. The zero-order valence-corrected chi connectivity index (χ0v) is 17.8. The fourth-order valence-corrected chi connectivity index (χ4v) is 4.00. The molecule has 0 spiro atoms. The number of alkyl carbamates (subject to hydrolysis) is 1. The van der Waals surface area contributed by atoms with Gasteiger partial charge in [-0.1, -0.05) is 11.6 Å². The van der Waals surface area contributed by atoms with Gasteiger partial charge in [0.25, 0.3) is 11.7 Å². The number of anilines is 1. The summed E-state index contributed by atoms with van der Waals surface area (Å²) < 4.78 is 44.1. The van der Waals surface area contributed by atoms with E-state index in [1.54, 1.807) is 0 Å². The van der Waals surface area contributed by atoms with Crippen LogP contribution in [-0.4, -0.2) is 44.9 Å². The van der Waals surface area contributed by atoms with E-state index < -0.39 is 33.6 Å². The Bertz CT molecular complexity index is 1090. The van der Waals surface area contributed by atoms with Crippen molar-refractivity contribution in [3.05, 3.63) is 58.9 Å². The molecule has 0 radical (unpaired) electrons. The fourth-order valence-electron chi connectivity index (χ4n) is 3.02. The van der Waals surface area contributed by atoms with E-state index in [0.717, 1.165) is 6.07 Å². The lowest BCUT2D eigenvalue weighted by Gasteiger charge is -2.22. The van der Waals surface area contributed by atoms with E-state index >= 15 is 0 Å². The molecule has 3 N–H and O–H groups in total. The van der Waals surface area contributed by atoms with E-state index in [1.165, 1.54) is 48.3 Å². The van der Waals surface area contributed by atoms with E-state index in [4.69, 9.17) is 16.3 Å². The minimum atomic E-state index is -3.64. The van der Waals surface area contributed by atoms with Gasteiger partial charge in [0.1, 0.15) is 5.82 Å². The van der Waals surface area contributed by atoms with Gasteiger partial charge in [-0.15, -0.1) is 0 Å². The van der Waals surface area contributed by atoms with Crippen molar-refractivity contribution in [2.45, 2.75) is 23.6 Å². The summed E-state index contributed by atoms with van der Waals surface area (Å²) in [6.45, 7) is -0.0913. The van der Waals surface area contributed by atoms with Crippen molar-refractivity contribution in [1.29, 1.82) is 0 Å². The number of carbonyl (C=O) groups is 2. The molecule has 0 unspecified atom stereocenters. The number of sulfonamides is 1. The minimum Gasteiger partial charge on any atom is -0.407 e. The Balaban J connectivity index is 1.64. The summed E-state index contributed by atoms with van der Waals surface area (Å²) in [7, 11) is -2.36. The van der Waals surface area contributed by atoms with Gasteiger partial charge in [-0.3, -0.25) is 4.79 Å². The van der Waals surface area contributed by atoms with Crippen LogP contribution in [0.3, 0.4) is 0 Å². The molecule has 2 amide bonds. The molecule has 1 aliphatic heterocycles. The average molecular weight is 472 g/mol. The second-order valence-electron chi connectivity index (χ2n) is 6.71. The molecule has 1 fully saturated rings. The van der Waals surface area contributed by atoms with Crippen molar-refractivity contribution < 1.29 is 32.2 Å². The number of benzene rings is 2. The third-order valence-corrected chi connectivity index (χ3v) is 6.25. The largest absolute Gasteiger partial charge is 0.410 e. The predicted octanol–water partition coefficient (Wildman–Crippen LogP) is 1.74. The summed E-state index contributed by atoms with van der Waals surface area (Å²) in [5.74, 6) is -3.84. The summed E-state index contributed by atoms with van der Waals surface area (Å²) in [6.07, 6.45) is -1.27. The van der Waals surface area contributed by atoms with Crippen LogP contribution in [0.2, 0.25) is 5.02 Å². The molecule has 31 heavy (non-hydrogen) atoms. The van der Waals surface area contributed by atoms with Crippen molar-refractivity contribution >= 4 is 39.3 Å². The Morgan fingerprint density at radius 3 is 2.58 bits per heavy atom. The number of halogens is 2. The standard InChI is InChI=1S/C19H19ClFN3O6S/c1-22-31(28,29)16-4-2-15(3-5-16)24-7-6-19(27,17(24)25)30-18(26)23-11-12-8-13(20)10-14(21)9-12/h2-5,8-10,22,27H,6-7,11H2,1H3,(H,23,26)/t19-/m0/s1.